The van der Waals surface area contributed by atoms with Crippen LogP contribution in [-0.4, -0.2) is 38.1 Å². The van der Waals surface area contributed by atoms with Crippen LogP contribution >= 0.6 is 24.0 Å². The van der Waals surface area contributed by atoms with E-state index >= 15 is 0 Å². The second-order valence-corrected chi connectivity index (χ2v) is 7.32. The Hall–Kier alpha value is -1.80. The fourth-order valence-corrected chi connectivity index (χ4v) is 3.82. The zero-order valence-corrected chi connectivity index (χ0v) is 19.2. The van der Waals surface area contributed by atoms with Gasteiger partial charge in [0.1, 0.15) is 5.75 Å². The average Bonchev–Trinajstić information content (AvgIpc) is 2.68. The number of hydrogen-bond donors (Lipinski definition) is 2. The van der Waals surface area contributed by atoms with Crippen LogP contribution in [0.1, 0.15) is 30.0 Å². The minimum absolute atomic E-state index is 0. The molecule has 152 valence electrons. The predicted molar refractivity (Wildman–Crippen MR) is 128 cm³/mol. The molecular weight excluding hydrogens is 463 g/mol. The molecule has 1 fully saturated rings. The molecular formula is C22H31IN4O. The molecule has 0 aliphatic carbocycles. The molecule has 1 saturated heterocycles. The minimum atomic E-state index is 0. The fraction of sp³-hybridized carbons (Fsp3) is 0.409. The van der Waals surface area contributed by atoms with Gasteiger partial charge in [0.25, 0.3) is 0 Å². The van der Waals surface area contributed by atoms with E-state index < -0.39 is 0 Å². The number of guanidine groups is 1. The van der Waals surface area contributed by atoms with Gasteiger partial charge in [-0.25, -0.2) is 0 Å². The summed E-state index contributed by atoms with van der Waals surface area (Å²) in [5.74, 6) is 1.80. The highest BCUT2D eigenvalue weighted by molar-refractivity contribution is 14.0. The number of aryl methyl sites for hydroxylation is 1. The number of rotatable bonds is 5. The number of hydrogen-bond acceptors (Lipinski definition) is 3. The summed E-state index contributed by atoms with van der Waals surface area (Å²) in [7, 11) is 3.89. The third-order valence-electron chi connectivity index (χ3n) is 5.28. The Morgan fingerprint density at radius 2 is 1.86 bits per heavy atom. The smallest absolute Gasteiger partial charge is 0.193 e. The number of likely N-dealkylation sites (tertiary alicyclic amines) is 1. The quantitative estimate of drug-likeness (QED) is 0.367. The first-order valence-corrected chi connectivity index (χ1v) is 9.54. The average molecular weight is 494 g/mol. The summed E-state index contributed by atoms with van der Waals surface area (Å²) in [5.41, 5.74) is 9.63. The topological polar surface area (TPSA) is 62.9 Å². The number of nitrogens with one attached hydrogen (secondary N) is 1. The number of methoxy groups -OCH3 is 1. The van der Waals surface area contributed by atoms with E-state index in [4.69, 9.17) is 10.5 Å². The number of piperidine rings is 1. The van der Waals surface area contributed by atoms with Crippen molar-refractivity contribution >= 4 is 35.6 Å². The molecule has 3 N–H and O–H groups in total. The van der Waals surface area contributed by atoms with Crippen molar-refractivity contribution in [1.82, 2.24) is 4.90 Å². The Balaban J connectivity index is 0.00000280. The zero-order valence-electron chi connectivity index (χ0n) is 16.9. The number of halogens is 1. The molecule has 1 aliphatic rings. The van der Waals surface area contributed by atoms with Crippen molar-refractivity contribution in [3.63, 3.8) is 0 Å². The molecule has 0 amide bonds. The molecule has 1 aliphatic heterocycles. The number of nitrogens with zero attached hydrogens (tertiary/aromatic N) is 2. The maximum absolute atomic E-state index is 6.13. The van der Waals surface area contributed by atoms with E-state index in [1.54, 1.807) is 7.11 Å². The van der Waals surface area contributed by atoms with Gasteiger partial charge >= 0.3 is 0 Å². The maximum Gasteiger partial charge on any atom is 0.193 e. The lowest BCUT2D eigenvalue weighted by molar-refractivity contribution is 0.125. The molecule has 2 unspecified atom stereocenters. The van der Waals surface area contributed by atoms with Crippen molar-refractivity contribution in [1.29, 1.82) is 0 Å². The monoisotopic (exact) mass is 494 g/mol. The van der Waals surface area contributed by atoms with Crippen molar-refractivity contribution in [3.8, 4) is 5.75 Å². The molecule has 2 atom stereocenters. The summed E-state index contributed by atoms with van der Waals surface area (Å²) in [6.07, 6.45) is 2.34. The molecule has 0 aromatic heterocycles. The third-order valence-corrected chi connectivity index (χ3v) is 5.28. The van der Waals surface area contributed by atoms with E-state index in [1.807, 2.05) is 24.3 Å². The summed E-state index contributed by atoms with van der Waals surface area (Å²) >= 11 is 0. The second kappa shape index (κ2) is 10.7. The van der Waals surface area contributed by atoms with E-state index in [9.17, 15) is 0 Å². The summed E-state index contributed by atoms with van der Waals surface area (Å²) in [6.45, 7) is 3.89. The normalized spacial score (nSPS) is 20.3. The predicted octanol–water partition coefficient (Wildman–Crippen LogP) is 4.43. The lowest BCUT2D eigenvalue weighted by Crippen LogP contribution is -2.38. The first-order valence-electron chi connectivity index (χ1n) is 9.54. The SMILES string of the molecule is COc1ccc(C2C(CN=C(N)Nc3ccc(C)cc3)CCCN2C)cc1.I. The van der Waals surface area contributed by atoms with Crippen molar-refractivity contribution < 1.29 is 4.74 Å². The van der Waals surface area contributed by atoms with Gasteiger partial charge < -0.3 is 15.8 Å². The first-order chi connectivity index (χ1) is 13.1. The molecule has 0 bridgehead atoms. The summed E-state index contributed by atoms with van der Waals surface area (Å²) in [4.78, 5) is 7.07. The highest BCUT2D eigenvalue weighted by Crippen LogP contribution is 2.35. The van der Waals surface area contributed by atoms with Crippen molar-refractivity contribution in [2.24, 2.45) is 16.6 Å². The Kier molecular flexibility index (Phi) is 8.57. The van der Waals surface area contributed by atoms with Gasteiger partial charge in [0.2, 0.25) is 0 Å². The van der Waals surface area contributed by atoms with Crippen molar-refractivity contribution in [3.05, 3.63) is 59.7 Å². The van der Waals surface area contributed by atoms with Gasteiger partial charge in [-0.3, -0.25) is 9.89 Å². The highest BCUT2D eigenvalue weighted by Gasteiger charge is 2.30. The maximum atomic E-state index is 6.13. The molecule has 0 saturated carbocycles. The van der Waals surface area contributed by atoms with E-state index in [0.29, 0.717) is 24.5 Å². The van der Waals surface area contributed by atoms with Crippen LogP contribution in [0.4, 0.5) is 5.69 Å². The number of nitrogens with two attached hydrogens (primary N) is 1. The van der Waals surface area contributed by atoms with Crippen molar-refractivity contribution in [2.45, 2.75) is 25.8 Å². The lowest BCUT2D eigenvalue weighted by atomic mass is 9.85. The Labute approximate surface area is 185 Å². The van der Waals surface area contributed by atoms with E-state index in [1.165, 1.54) is 17.5 Å². The van der Waals surface area contributed by atoms with Crippen molar-refractivity contribution in [2.75, 3.05) is 32.6 Å². The minimum Gasteiger partial charge on any atom is -0.497 e. The van der Waals surface area contributed by atoms with Gasteiger partial charge in [-0.05, 0) is 69.1 Å². The molecule has 1 heterocycles. The molecule has 0 radical (unpaired) electrons. The van der Waals surface area contributed by atoms with Crippen LogP contribution in [0.3, 0.4) is 0 Å². The molecule has 0 spiro atoms. The number of aliphatic imine (C=N–C) groups is 1. The Bertz CT molecular complexity index is 761. The van der Waals surface area contributed by atoms with Crippen LogP contribution < -0.4 is 15.8 Å². The number of ether oxygens (including phenoxy) is 1. The largest absolute Gasteiger partial charge is 0.497 e. The third kappa shape index (κ3) is 5.85. The summed E-state index contributed by atoms with van der Waals surface area (Å²) in [6, 6.07) is 16.9. The van der Waals surface area contributed by atoms with Crippen LogP contribution in [0.15, 0.2) is 53.5 Å². The van der Waals surface area contributed by atoms with Gasteiger partial charge in [0, 0.05) is 18.3 Å². The van der Waals surface area contributed by atoms with Crippen LogP contribution in [0.2, 0.25) is 0 Å². The van der Waals surface area contributed by atoms with Crippen LogP contribution in [0.25, 0.3) is 0 Å². The number of anilines is 1. The van der Waals surface area contributed by atoms with Gasteiger partial charge in [-0.15, -0.1) is 24.0 Å². The van der Waals surface area contributed by atoms with Crippen LogP contribution in [-0.2, 0) is 0 Å². The van der Waals surface area contributed by atoms with Crippen LogP contribution in [0, 0.1) is 12.8 Å². The fourth-order valence-electron chi connectivity index (χ4n) is 3.82. The van der Waals surface area contributed by atoms with E-state index in [-0.39, 0.29) is 24.0 Å². The molecule has 2 aromatic carbocycles. The van der Waals surface area contributed by atoms with E-state index in [0.717, 1.165) is 24.4 Å². The molecule has 2 aromatic rings. The molecule has 3 rings (SSSR count). The Morgan fingerprint density at radius 3 is 2.50 bits per heavy atom. The second-order valence-electron chi connectivity index (χ2n) is 7.32. The van der Waals surface area contributed by atoms with Gasteiger partial charge in [0.05, 0.1) is 7.11 Å². The number of benzene rings is 2. The first kappa shape index (κ1) is 22.5. The summed E-state index contributed by atoms with van der Waals surface area (Å²) < 4.78 is 5.29. The lowest BCUT2D eigenvalue weighted by Gasteiger charge is -2.39. The van der Waals surface area contributed by atoms with E-state index in [2.05, 4.69) is 53.4 Å². The van der Waals surface area contributed by atoms with Crippen LogP contribution in [0.5, 0.6) is 5.75 Å². The summed E-state index contributed by atoms with van der Waals surface area (Å²) in [5, 5.41) is 3.19. The highest BCUT2D eigenvalue weighted by atomic mass is 127. The van der Waals surface area contributed by atoms with Gasteiger partial charge in [0.15, 0.2) is 5.96 Å². The van der Waals surface area contributed by atoms with Gasteiger partial charge in [-0.1, -0.05) is 29.8 Å². The zero-order chi connectivity index (χ0) is 19.2. The molecule has 28 heavy (non-hydrogen) atoms. The molecule has 6 heteroatoms. The van der Waals surface area contributed by atoms with Gasteiger partial charge in [-0.2, -0.15) is 0 Å². The molecule has 5 nitrogen and oxygen atoms in total. The Morgan fingerprint density at radius 1 is 1.18 bits per heavy atom. The standard InChI is InChI=1S/C22H30N4O.HI/c1-16-6-10-19(11-7-16)25-22(23)24-15-18-5-4-14-26(2)21(18)17-8-12-20(27-3)13-9-17;/h6-13,18,21H,4-5,14-15H2,1-3H3,(H3,23,24,25);1H.